The van der Waals surface area contributed by atoms with Gasteiger partial charge in [-0.25, -0.2) is 0 Å². The molecule has 1 heterocycles. The van der Waals surface area contributed by atoms with Crippen LogP contribution in [0.3, 0.4) is 0 Å². The summed E-state index contributed by atoms with van der Waals surface area (Å²) in [5, 5.41) is 0. The molecule has 1 rings (SSSR count). The molecule has 0 bridgehead atoms. The number of unbranched alkanes of at least 4 members (excludes halogenated alkanes) is 1. The second-order valence-corrected chi connectivity index (χ2v) is 3.96. The molecule has 0 N–H and O–H groups in total. The predicted molar refractivity (Wildman–Crippen MR) is 53.6 cm³/mol. The predicted octanol–water partition coefficient (Wildman–Crippen LogP) is 2.96. The van der Waals surface area contributed by atoms with Gasteiger partial charge in [0.15, 0.2) is 6.29 Å². The summed E-state index contributed by atoms with van der Waals surface area (Å²) in [6.45, 7) is 7.29. The summed E-state index contributed by atoms with van der Waals surface area (Å²) in [6.07, 6.45) is 5.32. The lowest BCUT2D eigenvalue weighted by Crippen LogP contribution is -2.21. The van der Waals surface area contributed by atoms with E-state index in [9.17, 15) is 0 Å². The fourth-order valence-electron chi connectivity index (χ4n) is 1.78. The third-order valence-corrected chi connectivity index (χ3v) is 2.70. The van der Waals surface area contributed by atoms with Crippen molar-refractivity contribution in [2.24, 2.45) is 5.92 Å². The Morgan fingerprint density at radius 1 is 1.38 bits per heavy atom. The Balaban J connectivity index is 2.29. The van der Waals surface area contributed by atoms with Gasteiger partial charge in [-0.1, -0.05) is 26.7 Å². The van der Waals surface area contributed by atoms with Gasteiger partial charge < -0.3 is 9.47 Å². The molecule has 0 aromatic rings. The highest BCUT2D eigenvalue weighted by Crippen LogP contribution is 2.25. The standard InChI is InChI=1S/C11H22O2/c1-4-6-7-10(5-2)11-12-8-9(3)13-11/h9-11H,4-8H2,1-3H3/t9-,10+,11+/m0/s1. The highest BCUT2D eigenvalue weighted by molar-refractivity contribution is 4.68. The minimum Gasteiger partial charge on any atom is -0.350 e. The molecule has 3 atom stereocenters. The fourth-order valence-corrected chi connectivity index (χ4v) is 1.78. The van der Waals surface area contributed by atoms with Gasteiger partial charge in [0.05, 0.1) is 12.7 Å². The SMILES string of the molecule is CCCC[C@@H](CC)[C@@H]1OC[C@H](C)O1. The Hall–Kier alpha value is -0.0800. The Labute approximate surface area is 81.6 Å². The van der Waals surface area contributed by atoms with Crippen LogP contribution in [-0.4, -0.2) is 19.0 Å². The molecular weight excluding hydrogens is 164 g/mol. The zero-order valence-electron chi connectivity index (χ0n) is 9.08. The molecule has 1 aliphatic heterocycles. The molecule has 2 nitrogen and oxygen atoms in total. The van der Waals surface area contributed by atoms with Gasteiger partial charge >= 0.3 is 0 Å². The van der Waals surface area contributed by atoms with Crippen molar-refractivity contribution in [3.8, 4) is 0 Å². The van der Waals surface area contributed by atoms with E-state index in [1.54, 1.807) is 0 Å². The maximum Gasteiger partial charge on any atom is 0.160 e. The Bertz CT molecular complexity index is 136. The lowest BCUT2D eigenvalue weighted by atomic mass is 9.99. The Morgan fingerprint density at radius 2 is 2.15 bits per heavy atom. The van der Waals surface area contributed by atoms with Crippen LogP contribution in [-0.2, 0) is 9.47 Å². The van der Waals surface area contributed by atoms with Crippen molar-refractivity contribution >= 4 is 0 Å². The van der Waals surface area contributed by atoms with E-state index in [1.807, 2.05) is 0 Å². The summed E-state index contributed by atoms with van der Waals surface area (Å²) in [5.74, 6) is 0.602. The first-order valence-electron chi connectivity index (χ1n) is 5.55. The van der Waals surface area contributed by atoms with Crippen molar-refractivity contribution in [1.29, 1.82) is 0 Å². The molecule has 0 aromatic heterocycles. The summed E-state index contributed by atoms with van der Waals surface area (Å²) in [7, 11) is 0. The molecule has 2 heteroatoms. The second-order valence-electron chi connectivity index (χ2n) is 3.96. The zero-order chi connectivity index (χ0) is 9.68. The van der Waals surface area contributed by atoms with Gasteiger partial charge in [0.25, 0.3) is 0 Å². The minimum absolute atomic E-state index is 0.0755. The molecule has 0 radical (unpaired) electrons. The Morgan fingerprint density at radius 3 is 2.62 bits per heavy atom. The average Bonchev–Trinajstić information content (AvgIpc) is 2.54. The number of rotatable bonds is 5. The van der Waals surface area contributed by atoms with Gasteiger partial charge in [0, 0.05) is 5.92 Å². The summed E-state index contributed by atoms with van der Waals surface area (Å²) >= 11 is 0. The van der Waals surface area contributed by atoms with Crippen LogP contribution in [0.15, 0.2) is 0 Å². The van der Waals surface area contributed by atoms with E-state index in [1.165, 1.54) is 19.3 Å². The molecule has 13 heavy (non-hydrogen) atoms. The topological polar surface area (TPSA) is 18.5 Å². The van der Waals surface area contributed by atoms with Crippen molar-refractivity contribution in [2.75, 3.05) is 6.61 Å². The van der Waals surface area contributed by atoms with Crippen LogP contribution in [0.5, 0.6) is 0 Å². The highest BCUT2D eigenvalue weighted by atomic mass is 16.7. The van der Waals surface area contributed by atoms with E-state index in [2.05, 4.69) is 20.8 Å². The normalized spacial score (nSPS) is 30.7. The van der Waals surface area contributed by atoms with E-state index in [4.69, 9.17) is 9.47 Å². The molecule has 78 valence electrons. The molecule has 0 saturated carbocycles. The third-order valence-electron chi connectivity index (χ3n) is 2.70. The van der Waals surface area contributed by atoms with Gasteiger partial charge in [0.1, 0.15) is 0 Å². The van der Waals surface area contributed by atoms with Crippen molar-refractivity contribution in [3.05, 3.63) is 0 Å². The first-order chi connectivity index (χ1) is 6.27. The van der Waals surface area contributed by atoms with Crippen LogP contribution in [0.2, 0.25) is 0 Å². The van der Waals surface area contributed by atoms with Crippen molar-refractivity contribution in [2.45, 2.75) is 58.8 Å². The first kappa shape index (κ1) is 11.0. The van der Waals surface area contributed by atoms with Crippen LogP contribution in [0.1, 0.15) is 46.5 Å². The first-order valence-corrected chi connectivity index (χ1v) is 5.55. The van der Waals surface area contributed by atoms with E-state index < -0.39 is 0 Å². The van der Waals surface area contributed by atoms with Gasteiger partial charge in [-0.15, -0.1) is 0 Å². The molecule has 0 aliphatic carbocycles. The maximum absolute atomic E-state index is 5.69. The molecule has 0 spiro atoms. The van der Waals surface area contributed by atoms with Gasteiger partial charge in [0.2, 0.25) is 0 Å². The minimum atomic E-state index is 0.0755. The molecule has 1 saturated heterocycles. The molecule has 1 aliphatic rings. The average molecular weight is 186 g/mol. The molecule has 0 aromatic carbocycles. The molecule has 1 fully saturated rings. The molecule has 0 amide bonds. The summed E-state index contributed by atoms with van der Waals surface area (Å²) < 4.78 is 11.3. The van der Waals surface area contributed by atoms with Gasteiger partial charge in [-0.05, 0) is 19.8 Å². The van der Waals surface area contributed by atoms with Crippen LogP contribution in [0.4, 0.5) is 0 Å². The van der Waals surface area contributed by atoms with Crippen LogP contribution in [0.25, 0.3) is 0 Å². The number of hydrogen-bond acceptors (Lipinski definition) is 2. The smallest absolute Gasteiger partial charge is 0.160 e. The second kappa shape index (κ2) is 5.61. The third kappa shape index (κ3) is 3.28. The van der Waals surface area contributed by atoms with E-state index in [0.29, 0.717) is 12.0 Å². The van der Waals surface area contributed by atoms with Gasteiger partial charge in [-0.2, -0.15) is 0 Å². The summed E-state index contributed by atoms with van der Waals surface area (Å²) in [5.41, 5.74) is 0. The monoisotopic (exact) mass is 186 g/mol. The van der Waals surface area contributed by atoms with Crippen LogP contribution >= 0.6 is 0 Å². The fraction of sp³-hybridized carbons (Fsp3) is 1.00. The summed E-state index contributed by atoms with van der Waals surface area (Å²) in [6, 6.07) is 0. The quantitative estimate of drug-likeness (QED) is 0.657. The van der Waals surface area contributed by atoms with Crippen molar-refractivity contribution in [3.63, 3.8) is 0 Å². The van der Waals surface area contributed by atoms with E-state index in [-0.39, 0.29) is 6.29 Å². The van der Waals surface area contributed by atoms with Crippen LogP contribution in [0, 0.1) is 5.92 Å². The molecule has 0 unspecified atom stereocenters. The number of hydrogen-bond donors (Lipinski definition) is 0. The largest absolute Gasteiger partial charge is 0.350 e. The van der Waals surface area contributed by atoms with Crippen molar-refractivity contribution in [1.82, 2.24) is 0 Å². The lowest BCUT2D eigenvalue weighted by Gasteiger charge is -2.20. The van der Waals surface area contributed by atoms with E-state index >= 15 is 0 Å². The number of ether oxygens (including phenoxy) is 2. The van der Waals surface area contributed by atoms with Crippen LogP contribution < -0.4 is 0 Å². The Kier molecular flexibility index (Phi) is 4.74. The van der Waals surface area contributed by atoms with E-state index in [0.717, 1.165) is 13.0 Å². The summed E-state index contributed by atoms with van der Waals surface area (Å²) in [4.78, 5) is 0. The zero-order valence-corrected chi connectivity index (χ0v) is 9.08. The highest BCUT2D eigenvalue weighted by Gasteiger charge is 2.28. The van der Waals surface area contributed by atoms with Crippen molar-refractivity contribution < 1.29 is 9.47 Å². The maximum atomic E-state index is 5.69. The molecular formula is C11H22O2. The lowest BCUT2D eigenvalue weighted by molar-refractivity contribution is -0.0973. The van der Waals surface area contributed by atoms with Gasteiger partial charge in [-0.3, -0.25) is 0 Å².